The lowest BCUT2D eigenvalue weighted by molar-refractivity contribution is 0.477. The summed E-state index contributed by atoms with van der Waals surface area (Å²) in [7, 11) is 0. The van der Waals surface area contributed by atoms with Gasteiger partial charge in [-0.15, -0.1) is 0 Å². The molecule has 0 saturated carbocycles. The van der Waals surface area contributed by atoms with Crippen molar-refractivity contribution >= 4 is 23.5 Å². The van der Waals surface area contributed by atoms with E-state index in [1.165, 1.54) is 0 Å². The fourth-order valence-corrected chi connectivity index (χ4v) is 2.11. The highest BCUT2D eigenvalue weighted by atomic mass is 32.1. The van der Waals surface area contributed by atoms with Crippen LogP contribution in [-0.4, -0.2) is 9.67 Å². The van der Waals surface area contributed by atoms with E-state index in [0.717, 1.165) is 23.1 Å². The van der Waals surface area contributed by atoms with Crippen LogP contribution in [0.3, 0.4) is 0 Å². The molecule has 0 fully saturated rings. The van der Waals surface area contributed by atoms with Crippen molar-refractivity contribution in [1.82, 2.24) is 4.57 Å². The van der Waals surface area contributed by atoms with Crippen molar-refractivity contribution in [3.05, 3.63) is 30.0 Å². The predicted molar refractivity (Wildman–Crippen MR) is 62.0 cm³/mol. The maximum atomic E-state index is 9.75. The number of hydrogen-bond donors (Lipinski definition) is 2. The van der Waals surface area contributed by atoms with Crippen molar-refractivity contribution in [3.8, 4) is 5.75 Å². The summed E-state index contributed by atoms with van der Waals surface area (Å²) in [5, 5.41) is 10.8. The number of aromatic nitrogens is 1. The highest BCUT2D eigenvalue weighted by Gasteiger charge is 2.08. The molecule has 1 aromatic heterocycles. The SMILES string of the molecule is CCn1c(CS)cc2cccc(O)c21. The van der Waals surface area contributed by atoms with Gasteiger partial charge in [-0.25, -0.2) is 0 Å². The van der Waals surface area contributed by atoms with Crippen molar-refractivity contribution in [3.63, 3.8) is 0 Å². The first-order valence-electron chi connectivity index (χ1n) is 4.69. The Balaban J connectivity index is 2.81. The first-order valence-corrected chi connectivity index (χ1v) is 5.32. The van der Waals surface area contributed by atoms with Gasteiger partial charge in [0.25, 0.3) is 0 Å². The van der Waals surface area contributed by atoms with E-state index in [1.807, 2.05) is 12.1 Å². The minimum absolute atomic E-state index is 0.345. The molecule has 0 spiro atoms. The Bertz CT molecular complexity index is 462. The summed E-state index contributed by atoms with van der Waals surface area (Å²) in [5.74, 6) is 1.04. The van der Waals surface area contributed by atoms with Crippen LogP contribution >= 0.6 is 12.6 Å². The maximum absolute atomic E-state index is 9.75. The van der Waals surface area contributed by atoms with E-state index in [1.54, 1.807) is 6.07 Å². The van der Waals surface area contributed by atoms with Crippen molar-refractivity contribution in [2.45, 2.75) is 19.2 Å². The molecular formula is C11H13NOS. The third-order valence-electron chi connectivity index (χ3n) is 2.46. The molecule has 0 unspecified atom stereocenters. The molecule has 1 heterocycles. The molecule has 2 aromatic rings. The Morgan fingerprint density at radius 3 is 2.86 bits per heavy atom. The molecule has 74 valence electrons. The molecule has 0 atom stereocenters. The zero-order chi connectivity index (χ0) is 10.1. The fraction of sp³-hybridized carbons (Fsp3) is 0.273. The van der Waals surface area contributed by atoms with Gasteiger partial charge in [-0.2, -0.15) is 12.6 Å². The molecule has 0 radical (unpaired) electrons. The topological polar surface area (TPSA) is 25.2 Å². The van der Waals surface area contributed by atoms with Crippen LogP contribution in [0.5, 0.6) is 5.75 Å². The summed E-state index contributed by atoms with van der Waals surface area (Å²) in [6.45, 7) is 2.93. The van der Waals surface area contributed by atoms with E-state index >= 15 is 0 Å². The first kappa shape index (κ1) is 9.46. The Morgan fingerprint density at radius 1 is 1.43 bits per heavy atom. The quantitative estimate of drug-likeness (QED) is 0.727. The number of benzene rings is 1. The van der Waals surface area contributed by atoms with Gasteiger partial charge in [0.2, 0.25) is 0 Å². The van der Waals surface area contributed by atoms with E-state index in [-0.39, 0.29) is 0 Å². The molecule has 3 heteroatoms. The van der Waals surface area contributed by atoms with Crippen LogP contribution in [0, 0.1) is 0 Å². The average molecular weight is 207 g/mol. The number of aryl methyl sites for hydroxylation is 1. The van der Waals surface area contributed by atoms with E-state index in [2.05, 4.69) is 30.2 Å². The van der Waals surface area contributed by atoms with Crippen molar-refractivity contribution < 1.29 is 5.11 Å². The van der Waals surface area contributed by atoms with Gasteiger partial charge in [0.1, 0.15) is 5.75 Å². The first-order chi connectivity index (χ1) is 6.77. The molecule has 0 saturated heterocycles. The zero-order valence-corrected chi connectivity index (χ0v) is 8.96. The van der Waals surface area contributed by atoms with Gasteiger partial charge in [-0.05, 0) is 19.1 Å². The van der Waals surface area contributed by atoms with Gasteiger partial charge in [0.05, 0.1) is 5.52 Å². The molecule has 0 aliphatic carbocycles. The molecule has 1 N–H and O–H groups in total. The second-order valence-electron chi connectivity index (χ2n) is 3.25. The van der Waals surface area contributed by atoms with Gasteiger partial charge in [0, 0.05) is 23.4 Å². The van der Waals surface area contributed by atoms with Crippen molar-refractivity contribution in [1.29, 1.82) is 0 Å². The van der Waals surface area contributed by atoms with Crippen LogP contribution in [0.1, 0.15) is 12.6 Å². The third kappa shape index (κ3) is 1.28. The Labute approximate surface area is 88.6 Å². The number of phenolic OH excluding ortho intramolecular Hbond substituents is 1. The number of fused-ring (bicyclic) bond motifs is 1. The lowest BCUT2D eigenvalue weighted by atomic mass is 10.2. The highest BCUT2D eigenvalue weighted by Crippen LogP contribution is 2.28. The molecule has 2 nitrogen and oxygen atoms in total. The predicted octanol–water partition coefficient (Wildman–Crippen LogP) is 2.80. The Hall–Kier alpha value is -1.09. The fourth-order valence-electron chi connectivity index (χ4n) is 1.85. The number of nitrogens with zero attached hydrogens (tertiary/aromatic N) is 1. The number of aromatic hydroxyl groups is 1. The molecule has 1 aromatic carbocycles. The summed E-state index contributed by atoms with van der Waals surface area (Å²) >= 11 is 4.28. The Morgan fingerprint density at radius 2 is 2.21 bits per heavy atom. The normalized spacial score (nSPS) is 11.0. The van der Waals surface area contributed by atoms with Gasteiger partial charge < -0.3 is 9.67 Å². The second-order valence-corrected chi connectivity index (χ2v) is 3.57. The van der Waals surface area contributed by atoms with Crippen LogP contribution in [-0.2, 0) is 12.3 Å². The average Bonchev–Trinajstić information content (AvgIpc) is 2.56. The monoisotopic (exact) mass is 207 g/mol. The third-order valence-corrected chi connectivity index (χ3v) is 2.79. The van der Waals surface area contributed by atoms with E-state index in [0.29, 0.717) is 11.5 Å². The molecule has 0 amide bonds. The number of thiol groups is 1. The van der Waals surface area contributed by atoms with Crippen molar-refractivity contribution in [2.24, 2.45) is 0 Å². The largest absolute Gasteiger partial charge is 0.506 e. The van der Waals surface area contributed by atoms with E-state index < -0.39 is 0 Å². The number of rotatable bonds is 2. The lowest BCUT2D eigenvalue weighted by Gasteiger charge is -2.06. The molecule has 14 heavy (non-hydrogen) atoms. The Kier molecular flexibility index (Phi) is 2.42. The summed E-state index contributed by atoms with van der Waals surface area (Å²) < 4.78 is 2.09. The molecule has 0 bridgehead atoms. The molecular weight excluding hydrogens is 194 g/mol. The van der Waals surface area contributed by atoms with Crippen LogP contribution in [0.2, 0.25) is 0 Å². The van der Waals surface area contributed by atoms with Crippen LogP contribution in [0.25, 0.3) is 10.9 Å². The summed E-state index contributed by atoms with van der Waals surface area (Å²) in [6.07, 6.45) is 0. The van der Waals surface area contributed by atoms with Gasteiger partial charge >= 0.3 is 0 Å². The minimum Gasteiger partial charge on any atom is -0.506 e. The number of hydrogen-bond acceptors (Lipinski definition) is 2. The smallest absolute Gasteiger partial charge is 0.139 e. The van der Waals surface area contributed by atoms with Gasteiger partial charge in [-0.1, -0.05) is 12.1 Å². The van der Waals surface area contributed by atoms with Gasteiger partial charge in [-0.3, -0.25) is 0 Å². The number of phenols is 1. The minimum atomic E-state index is 0.345. The summed E-state index contributed by atoms with van der Waals surface area (Å²) in [6, 6.07) is 7.66. The van der Waals surface area contributed by atoms with Crippen LogP contribution in [0.4, 0.5) is 0 Å². The molecule has 2 rings (SSSR count). The van der Waals surface area contributed by atoms with Crippen LogP contribution in [0.15, 0.2) is 24.3 Å². The summed E-state index contributed by atoms with van der Waals surface area (Å²) in [5.41, 5.74) is 2.06. The second kappa shape index (κ2) is 3.58. The van der Waals surface area contributed by atoms with Crippen molar-refractivity contribution in [2.75, 3.05) is 0 Å². The zero-order valence-electron chi connectivity index (χ0n) is 8.07. The molecule has 0 aliphatic heterocycles. The lowest BCUT2D eigenvalue weighted by Crippen LogP contribution is -1.97. The van der Waals surface area contributed by atoms with E-state index in [4.69, 9.17) is 0 Å². The maximum Gasteiger partial charge on any atom is 0.139 e. The van der Waals surface area contributed by atoms with Crippen LogP contribution < -0.4 is 0 Å². The molecule has 0 aliphatic rings. The number of para-hydroxylation sites is 1. The van der Waals surface area contributed by atoms with Gasteiger partial charge in [0.15, 0.2) is 0 Å². The summed E-state index contributed by atoms with van der Waals surface area (Å²) in [4.78, 5) is 0. The standard InChI is InChI=1S/C11H13NOS/c1-2-12-9(7-14)6-8-4-3-5-10(13)11(8)12/h3-6,13-14H,2,7H2,1H3. The highest BCUT2D eigenvalue weighted by molar-refractivity contribution is 7.79. The van der Waals surface area contributed by atoms with E-state index in [9.17, 15) is 5.11 Å².